The van der Waals surface area contributed by atoms with Crippen molar-refractivity contribution in [3.63, 3.8) is 0 Å². The molecule has 0 bridgehead atoms. The van der Waals surface area contributed by atoms with Crippen molar-refractivity contribution >= 4 is 58.5 Å². The summed E-state index contributed by atoms with van der Waals surface area (Å²) in [7, 11) is 0. The molecular formula is C21H14Cl4N2O2. The Kier molecular flexibility index (Phi) is 7.40. The van der Waals surface area contributed by atoms with E-state index in [0.717, 1.165) is 5.56 Å². The summed E-state index contributed by atoms with van der Waals surface area (Å²) in [5, 5.41) is 5.92. The molecule has 0 saturated heterocycles. The molecule has 0 aliphatic carbocycles. The standard InChI is InChI=1S/C21H14Cl4N2O2/c22-15-7-5-13(18(24)9-15)11-26-27-21(28)17-3-1-2-4-20(17)29-12-14-6-8-16(23)10-19(14)25/h1-11H,12H2,(H,27,28)/b26-11+. The quantitative estimate of drug-likeness (QED) is 0.326. The van der Waals surface area contributed by atoms with Crippen molar-refractivity contribution in [2.75, 3.05) is 0 Å². The van der Waals surface area contributed by atoms with E-state index >= 15 is 0 Å². The molecular weight excluding hydrogens is 454 g/mol. The number of nitrogens with zero attached hydrogens (tertiary/aromatic N) is 1. The Balaban J connectivity index is 1.69. The summed E-state index contributed by atoms with van der Waals surface area (Å²) >= 11 is 24.0. The first-order chi connectivity index (χ1) is 13.9. The molecule has 0 saturated carbocycles. The van der Waals surface area contributed by atoms with Crippen LogP contribution in [0.25, 0.3) is 0 Å². The zero-order valence-corrected chi connectivity index (χ0v) is 17.9. The Morgan fingerprint density at radius 1 is 0.931 bits per heavy atom. The van der Waals surface area contributed by atoms with Crippen LogP contribution >= 0.6 is 46.4 Å². The van der Waals surface area contributed by atoms with E-state index in [-0.39, 0.29) is 6.61 Å². The van der Waals surface area contributed by atoms with Gasteiger partial charge in [-0.3, -0.25) is 4.79 Å². The van der Waals surface area contributed by atoms with Crippen molar-refractivity contribution in [1.29, 1.82) is 0 Å². The second-order valence-electron chi connectivity index (χ2n) is 5.89. The van der Waals surface area contributed by atoms with E-state index in [1.807, 2.05) is 0 Å². The second kappa shape index (κ2) is 9.99. The maximum atomic E-state index is 12.5. The minimum absolute atomic E-state index is 0.184. The topological polar surface area (TPSA) is 50.7 Å². The molecule has 1 amide bonds. The highest BCUT2D eigenvalue weighted by Crippen LogP contribution is 2.24. The van der Waals surface area contributed by atoms with E-state index in [4.69, 9.17) is 51.1 Å². The summed E-state index contributed by atoms with van der Waals surface area (Å²) in [4.78, 5) is 12.5. The van der Waals surface area contributed by atoms with Crippen LogP contribution in [0, 0.1) is 0 Å². The van der Waals surface area contributed by atoms with Gasteiger partial charge in [-0.1, -0.05) is 70.7 Å². The molecule has 0 spiro atoms. The maximum absolute atomic E-state index is 12.5. The average Bonchev–Trinajstić information content (AvgIpc) is 2.69. The van der Waals surface area contributed by atoms with E-state index in [1.54, 1.807) is 60.7 Å². The number of amides is 1. The van der Waals surface area contributed by atoms with Crippen LogP contribution in [0.15, 0.2) is 65.8 Å². The van der Waals surface area contributed by atoms with E-state index in [1.165, 1.54) is 6.21 Å². The van der Waals surface area contributed by atoms with Gasteiger partial charge in [0.05, 0.1) is 16.8 Å². The summed E-state index contributed by atoms with van der Waals surface area (Å²) in [5.74, 6) is -0.0279. The number of carbonyl (C=O) groups excluding carboxylic acids is 1. The van der Waals surface area contributed by atoms with Crippen LogP contribution in [0.2, 0.25) is 20.1 Å². The molecule has 0 radical (unpaired) electrons. The normalized spacial score (nSPS) is 10.9. The van der Waals surface area contributed by atoms with Crippen molar-refractivity contribution in [3.8, 4) is 5.75 Å². The number of hydrogen-bond donors (Lipinski definition) is 1. The Morgan fingerprint density at radius 3 is 2.34 bits per heavy atom. The van der Waals surface area contributed by atoms with Crippen LogP contribution in [0.3, 0.4) is 0 Å². The lowest BCUT2D eigenvalue weighted by atomic mass is 10.2. The number of benzene rings is 3. The van der Waals surface area contributed by atoms with Gasteiger partial charge in [0.25, 0.3) is 5.91 Å². The molecule has 4 nitrogen and oxygen atoms in total. The lowest BCUT2D eigenvalue weighted by Crippen LogP contribution is -2.18. The molecule has 29 heavy (non-hydrogen) atoms. The predicted molar refractivity (Wildman–Crippen MR) is 119 cm³/mol. The van der Waals surface area contributed by atoms with Crippen LogP contribution in [0.1, 0.15) is 21.5 Å². The number of hydrazone groups is 1. The number of rotatable bonds is 6. The Labute approximate surface area is 188 Å². The molecule has 3 aromatic rings. The van der Waals surface area contributed by atoms with E-state index in [2.05, 4.69) is 10.5 Å². The zero-order chi connectivity index (χ0) is 20.8. The zero-order valence-electron chi connectivity index (χ0n) is 14.8. The van der Waals surface area contributed by atoms with E-state index < -0.39 is 5.91 Å². The van der Waals surface area contributed by atoms with Gasteiger partial charge < -0.3 is 4.74 Å². The highest BCUT2D eigenvalue weighted by atomic mass is 35.5. The fourth-order valence-corrected chi connectivity index (χ4v) is 3.32. The molecule has 3 aromatic carbocycles. The van der Waals surface area contributed by atoms with Crippen molar-refractivity contribution < 1.29 is 9.53 Å². The van der Waals surface area contributed by atoms with Gasteiger partial charge >= 0.3 is 0 Å². The SMILES string of the molecule is O=C(N/N=C/c1ccc(Cl)cc1Cl)c1ccccc1OCc1ccc(Cl)cc1Cl. The van der Waals surface area contributed by atoms with Gasteiger partial charge in [0, 0.05) is 26.2 Å². The van der Waals surface area contributed by atoms with Gasteiger partial charge in [0.15, 0.2) is 0 Å². The lowest BCUT2D eigenvalue weighted by Gasteiger charge is -2.11. The summed E-state index contributed by atoms with van der Waals surface area (Å²) in [6, 6.07) is 16.9. The number of hydrogen-bond acceptors (Lipinski definition) is 3. The smallest absolute Gasteiger partial charge is 0.275 e. The third kappa shape index (κ3) is 5.87. The summed E-state index contributed by atoms with van der Waals surface area (Å²) in [6.45, 7) is 0.184. The van der Waals surface area contributed by atoms with E-state index in [9.17, 15) is 4.79 Å². The Hall–Kier alpha value is -2.24. The molecule has 0 unspecified atom stereocenters. The fourth-order valence-electron chi connectivity index (χ4n) is 2.40. The molecule has 8 heteroatoms. The molecule has 3 rings (SSSR count). The first-order valence-corrected chi connectivity index (χ1v) is 9.89. The minimum atomic E-state index is -0.427. The molecule has 1 N–H and O–H groups in total. The molecule has 0 aromatic heterocycles. The molecule has 0 aliphatic rings. The van der Waals surface area contributed by atoms with Gasteiger partial charge in [-0.2, -0.15) is 5.10 Å². The first kappa shape index (κ1) is 21.5. The Morgan fingerprint density at radius 2 is 1.62 bits per heavy atom. The summed E-state index contributed by atoms with van der Waals surface area (Å²) in [6.07, 6.45) is 1.44. The monoisotopic (exact) mass is 466 g/mol. The lowest BCUT2D eigenvalue weighted by molar-refractivity contribution is 0.0950. The largest absolute Gasteiger partial charge is 0.488 e. The van der Waals surface area contributed by atoms with E-state index in [0.29, 0.717) is 37.0 Å². The molecule has 0 atom stereocenters. The number of halogens is 4. The minimum Gasteiger partial charge on any atom is -0.488 e. The van der Waals surface area contributed by atoms with Crippen molar-refractivity contribution in [2.45, 2.75) is 6.61 Å². The van der Waals surface area contributed by atoms with Gasteiger partial charge in [0.2, 0.25) is 0 Å². The van der Waals surface area contributed by atoms with Crippen LogP contribution in [0.4, 0.5) is 0 Å². The van der Waals surface area contributed by atoms with Crippen LogP contribution in [0.5, 0.6) is 5.75 Å². The number of nitrogens with one attached hydrogen (secondary N) is 1. The summed E-state index contributed by atoms with van der Waals surface area (Å²) in [5.41, 5.74) is 4.17. The van der Waals surface area contributed by atoms with Gasteiger partial charge in [-0.15, -0.1) is 0 Å². The van der Waals surface area contributed by atoms with Gasteiger partial charge in [0.1, 0.15) is 12.4 Å². The summed E-state index contributed by atoms with van der Waals surface area (Å²) < 4.78 is 5.79. The van der Waals surface area contributed by atoms with Crippen molar-refractivity contribution in [3.05, 3.63) is 97.4 Å². The number of ether oxygens (including phenoxy) is 1. The molecule has 148 valence electrons. The second-order valence-corrected chi connectivity index (χ2v) is 7.57. The number of para-hydroxylation sites is 1. The first-order valence-electron chi connectivity index (χ1n) is 8.38. The Bertz CT molecular complexity index is 1070. The average molecular weight is 468 g/mol. The highest BCUT2D eigenvalue weighted by molar-refractivity contribution is 6.36. The third-order valence-electron chi connectivity index (χ3n) is 3.86. The molecule has 0 heterocycles. The van der Waals surface area contributed by atoms with Crippen LogP contribution in [-0.2, 0) is 6.61 Å². The van der Waals surface area contributed by atoms with Crippen molar-refractivity contribution in [2.24, 2.45) is 5.10 Å². The molecule has 0 fully saturated rings. The van der Waals surface area contributed by atoms with Crippen LogP contribution in [-0.4, -0.2) is 12.1 Å². The molecule has 0 aliphatic heterocycles. The predicted octanol–water partition coefficient (Wildman–Crippen LogP) is 6.64. The number of carbonyl (C=O) groups is 1. The van der Waals surface area contributed by atoms with Crippen molar-refractivity contribution in [1.82, 2.24) is 5.43 Å². The van der Waals surface area contributed by atoms with Crippen LogP contribution < -0.4 is 10.2 Å². The highest BCUT2D eigenvalue weighted by Gasteiger charge is 2.12. The van der Waals surface area contributed by atoms with Gasteiger partial charge in [-0.05, 0) is 36.4 Å². The van der Waals surface area contributed by atoms with Gasteiger partial charge in [-0.25, -0.2) is 5.43 Å². The fraction of sp³-hybridized carbons (Fsp3) is 0.0476. The third-order valence-corrected chi connectivity index (χ3v) is 5.01. The maximum Gasteiger partial charge on any atom is 0.275 e.